The second-order valence-electron chi connectivity index (χ2n) is 16.2. The monoisotopic (exact) mass is 792 g/mol. The molecule has 0 aromatic heterocycles. The molecule has 0 saturated heterocycles. The number of rotatable bonds is 14. The van der Waals surface area contributed by atoms with Crippen molar-refractivity contribution in [3.63, 3.8) is 0 Å². The fourth-order valence-electron chi connectivity index (χ4n) is 8.84. The molecule has 0 atom stereocenters. The van der Waals surface area contributed by atoms with Crippen molar-refractivity contribution in [1.29, 1.82) is 0 Å². The lowest BCUT2D eigenvalue weighted by molar-refractivity contribution is 0.309. The van der Waals surface area contributed by atoms with Gasteiger partial charge in [-0.15, -0.1) is 0 Å². The lowest BCUT2D eigenvalue weighted by Crippen LogP contribution is -2.08. The highest BCUT2D eigenvalue weighted by molar-refractivity contribution is 6.01. The van der Waals surface area contributed by atoms with Gasteiger partial charge in [0.05, 0.1) is 0 Å². The van der Waals surface area contributed by atoms with Gasteiger partial charge in [-0.05, 0) is 124 Å². The zero-order chi connectivity index (χ0) is 41.5. The molecule has 3 nitrogen and oxygen atoms in total. The molecule has 0 saturated carbocycles. The van der Waals surface area contributed by atoms with Gasteiger partial charge in [0.2, 0.25) is 0 Å². The van der Waals surface area contributed by atoms with E-state index < -0.39 is 0 Å². The first-order chi connectivity index (χ1) is 30.0. The van der Waals surface area contributed by atoms with Crippen molar-refractivity contribution in [2.45, 2.75) is 40.2 Å². The number of aryl methyl sites for hydroxylation is 2. The van der Waals surface area contributed by atoms with Crippen molar-refractivity contribution in [3.05, 3.63) is 210 Å². The summed E-state index contributed by atoms with van der Waals surface area (Å²) in [4.78, 5) is 0. The summed E-state index contributed by atoms with van der Waals surface area (Å²) in [6.07, 6.45) is 2.04. The van der Waals surface area contributed by atoms with Crippen molar-refractivity contribution in [2.24, 2.45) is 0 Å². The first kappa shape index (κ1) is 39.4. The van der Waals surface area contributed by atoms with Crippen LogP contribution in [0.3, 0.4) is 0 Å². The highest BCUT2D eigenvalue weighted by atomic mass is 16.5. The van der Waals surface area contributed by atoms with E-state index in [1.807, 2.05) is 6.07 Å². The summed E-state index contributed by atoms with van der Waals surface area (Å²) in [6.45, 7) is 8.88. The van der Waals surface area contributed by atoms with E-state index in [1.165, 1.54) is 71.7 Å². The van der Waals surface area contributed by atoms with Crippen molar-refractivity contribution in [1.82, 2.24) is 0 Å². The average molecular weight is 793 g/mol. The fraction of sp³-hybridized carbons (Fsp3) is 0.138. The van der Waals surface area contributed by atoms with Crippen molar-refractivity contribution >= 4 is 32.9 Å². The van der Waals surface area contributed by atoms with E-state index in [4.69, 9.17) is 4.74 Å². The Bertz CT molecular complexity index is 2960. The first-order valence-electron chi connectivity index (χ1n) is 21.6. The van der Waals surface area contributed by atoms with Gasteiger partial charge in [-0.1, -0.05) is 164 Å². The Labute approximate surface area is 360 Å². The van der Waals surface area contributed by atoms with Gasteiger partial charge < -0.3 is 15.4 Å². The van der Waals surface area contributed by atoms with Gasteiger partial charge in [0.15, 0.2) is 0 Å². The van der Waals surface area contributed by atoms with Crippen LogP contribution in [0.4, 0.5) is 11.4 Å². The first-order valence-corrected chi connectivity index (χ1v) is 21.6. The second-order valence-corrected chi connectivity index (χ2v) is 16.2. The summed E-state index contributed by atoms with van der Waals surface area (Å²) >= 11 is 0. The van der Waals surface area contributed by atoms with E-state index >= 15 is 0 Å². The van der Waals surface area contributed by atoms with E-state index in [9.17, 15) is 0 Å². The Hall–Kier alpha value is -7.10. The molecule has 9 rings (SSSR count). The molecule has 0 aliphatic heterocycles. The van der Waals surface area contributed by atoms with Crippen LogP contribution in [-0.4, -0.2) is 13.1 Å². The van der Waals surface area contributed by atoms with Crippen LogP contribution in [0.15, 0.2) is 188 Å². The Morgan fingerprint density at radius 1 is 0.377 bits per heavy atom. The lowest BCUT2D eigenvalue weighted by Gasteiger charge is -2.21. The molecule has 0 heterocycles. The van der Waals surface area contributed by atoms with Crippen LogP contribution in [0.2, 0.25) is 0 Å². The second kappa shape index (κ2) is 18.0. The van der Waals surface area contributed by atoms with E-state index in [2.05, 4.69) is 213 Å². The molecule has 9 aromatic rings. The van der Waals surface area contributed by atoms with Crippen molar-refractivity contribution < 1.29 is 4.74 Å². The number of hydrogen-bond acceptors (Lipinski definition) is 3. The third-order valence-electron chi connectivity index (χ3n) is 11.8. The van der Waals surface area contributed by atoms with Gasteiger partial charge in [0.1, 0.15) is 12.4 Å². The quantitative estimate of drug-likeness (QED) is 0.108. The Kier molecular flexibility index (Phi) is 11.6. The molecule has 0 fully saturated rings. The zero-order valence-corrected chi connectivity index (χ0v) is 35.3. The van der Waals surface area contributed by atoms with Crippen molar-refractivity contribution in [2.75, 3.05) is 23.7 Å². The van der Waals surface area contributed by atoms with Crippen LogP contribution in [0.25, 0.3) is 66.1 Å². The molecule has 0 radical (unpaired) electrons. The highest BCUT2D eigenvalue weighted by Gasteiger charge is 2.19. The standard InChI is InChI=1S/C58H52N2O/c1-40-35-52(48-29-17-23-44-21-7-9-25-46(44)48)42(3)53(36-40)50-27-11-13-31-56(50)59-33-15-16-34-60-57-32-14-12-28-51(57)55-38-41(2)37-54(58(55)61-39-43-19-5-4-6-20-43)49-30-18-24-45-22-8-10-26-47(45)49/h4-14,17-32,35-38,59-60H,15-16,33-34,39H2,1-3H3. The van der Waals surface area contributed by atoms with Gasteiger partial charge in [0, 0.05) is 46.7 Å². The Morgan fingerprint density at radius 2 is 0.787 bits per heavy atom. The van der Waals surface area contributed by atoms with Crippen LogP contribution in [0, 0.1) is 20.8 Å². The topological polar surface area (TPSA) is 33.3 Å². The normalized spacial score (nSPS) is 11.2. The summed E-state index contributed by atoms with van der Waals surface area (Å²) in [7, 11) is 0. The number of unbranched alkanes of at least 4 members (excludes halogenated alkanes) is 1. The number of para-hydroxylation sites is 2. The average Bonchev–Trinajstić information content (AvgIpc) is 3.30. The predicted molar refractivity (Wildman–Crippen MR) is 261 cm³/mol. The molecule has 0 spiro atoms. The SMILES string of the molecule is Cc1cc(-c2ccccc2NCCCCNc2ccccc2-c2cc(C)cc(-c3cccc4ccccc34)c2OCc2ccccc2)c(C)c(-c2cccc3ccccc23)c1. The molecule has 0 aliphatic carbocycles. The number of ether oxygens (including phenoxy) is 1. The Balaban J connectivity index is 0.931. The maximum atomic E-state index is 6.89. The van der Waals surface area contributed by atoms with E-state index in [0.29, 0.717) is 6.61 Å². The van der Waals surface area contributed by atoms with Crippen LogP contribution < -0.4 is 15.4 Å². The molecule has 61 heavy (non-hydrogen) atoms. The van der Waals surface area contributed by atoms with Crippen LogP contribution >= 0.6 is 0 Å². The van der Waals surface area contributed by atoms with E-state index in [-0.39, 0.29) is 0 Å². The number of anilines is 2. The van der Waals surface area contributed by atoms with Gasteiger partial charge in [-0.25, -0.2) is 0 Å². The van der Waals surface area contributed by atoms with Crippen LogP contribution in [-0.2, 0) is 6.61 Å². The molecule has 0 unspecified atom stereocenters. The van der Waals surface area contributed by atoms with Gasteiger partial charge in [-0.3, -0.25) is 0 Å². The summed E-state index contributed by atoms with van der Waals surface area (Å²) < 4.78 is 6.89. The van der Waals surface area contributed by atoms with Gasteiger partial charge >= 0.3 is 0 Å². The Morgan fingerprint density at radius 3 is 1.38 bits per heavy atom. The van der Waals surface area contributed by atoms with E-state index in [1.54, 1.807) is 0 Å². The van der Waals surface area contributed by atoms with Crippen LogP contribution in [0.1, 0.15) is 35.1 Å². The molecular formula is C58H52N2O. The molecule has 0 aliphatic rings. The molecule has 0 amide bonds. The summed E-state index contributed by atoms with van der Waals surface area (Å²) in [5, 5.41) is 12.6. The summed E-state index contributed by atoms with van der Waals surface area (Å²) in [5.74, 6) is 0.899. The minimum absolute atomic E-state index is 0.481. The number of fused-ring (bicyclic) bond motifs is 2. The molecule has 0 bridgehead atoms. The highest BCUT2D eigenvalue weighted by Crippen LogP contribution is 2.45. The summed E-state index contributed by atoms with van der Waals surface area (Å²) in [6, 6.07) is 67.6. The third kappa shape index (κ3) is 8.51. The molecule has 3 heteroatoms. The number of hydrogen-bond donors (Lipinski definition) is 2. The lowest BCUT2D eigenvalue weighted by atomic mass is 9.88. The van der Waals surface area contributed by atoms with E-state index in [0.717, 1.165) is 59.6 Å². The molecule has 2 N–H and O–H groups in total. The number of nitrogens with one attached hydrogen (secondary N) is 2. The minimum Gasteiger partial charge on any atom is -0.488 e. The maximum Gasteiger partial charge on any atom is 0.135 e. The third-order valence-corrected chi connectivity index (χ3v) is 11.8. The smallest absolute Gasteiger partial charge is 0.135 e. The summed E-state index contributed by atoms with van der Waals surface area (Å²) in [5.41, 5.74) is 16.8. The van der Waals surface area contributed by atoms with Crippen molar-refractivity contribution in [3.8, 4) is 50.3 Å². The van der Waals surface area contributed by atoms with Crippen LogP contribution in [0.5, 0.6) is 5.75 Å². The molecular weight excluding hydrogens is 741 g/mol. The molecule has 9 aromatic carbocycles. The largest absolute Gasteiger partial charge is 0.488 e. The minimum atomic E-state index is 0.481. The van der Waals surface area contributed by atoms with Gasteiger partial charge in [0.25, 0.3) is 0 Å². The predicted octanol–water partition coefficient (Wildman–Crippen LogP) is 15.5. The number of benzene rings is 9. The maximum absolute atomic E-state index is 6.89. The fourth-order valence-corrected chi connectivity index (χ4v) is 8.84. The zero-order valence-electron chi connectivity index (χ0n) is 35.3. The molecule has 300 valence electrons. The van der Waals surface area contributed by atoms with Gasteiger partial charge in [-0.2, -0.15) is 0 Å².